The Labute approximate surface area is 119 Å². The number of nitrogens with one attached hydrogen (secondary N) is 2. The maximum absolute atomic E-state index is 13.4. The molecule has 0 aliphatic heterocycles. The van der Waals surface area contributed by atoms with Gasteiger partial charge in [-0.15, -0.1) is 0 Å². The van der Waals surface area contributed by atoms with Crippen LogP contribution in [-0.4, -0.2) is 26.1 Å². The fourth-order valence-electron chi connectivity index (χ4n) is 1.88. The van der Waals surface area contributed by atoms with Gasteiger partial charge in [0.2, 0.25) is 0 Å². The smallest absolute Gasteiger partial charge is 0.190 e. The number of halogens is 2. The second-order valence-electron chi connectivity index (χ2n) is 4.58. The maximum atomic E-state index is 13.4. The summed E-state index contributed by atoms with van der Waals surface area (Å²) in [5.41, 5.74) is 0.112. The molecule has 1 aromatic rings. The molecule has 0 fully saturated rings. The van der Waals surface area contributed by atoms with Crippen LogP contribution in [0.25, 0.3) is 0 Å². The number of hydrogen-bond acceptors (Lipinski definition) is 1. The molecule has 0 unspecified atom stereocenters. The van der Waals surface area contributed by atoms with Crippen LogP contribution in [0.15, 0.2) is 23.2 Å². The molecule has 0 atom stereocenters. The first kappa shape index (κ1) is 16.4. The van der Waals surface area contributed by atoms with E-state index in [0.29, 0.717) is 12.5 Å². The van der Waals surface area contributed by atoms with E-state index >= 15 is 0 Å². The van der Waals surface area contributed by atoms with Gasteiger partial charge in [0.15, 0.2) is 5.96 Å². The summed E-state index contributed by atoms with van der Waals surface area (Å²) in [5.74, 6) is -0.340. The van der Waals surface area contributed by atoms with Crippen LogP contribution in [0.1, 0.15) is 31.7 Å². The van der Waals surface area contributed by atoms with Crippen LogP contribution in [0.5, 0.6) is 0 Å². The van der Waals surface area contributed by atoms with Crippen molar-refractivity contribution in [1.82, 2.24) is 10.6 Å². The van der Waals surface area contributed by atoms with Gasteiger partial charge in [-0.3, -0.25) is 4.99 Å². The van der Waals surface area contributed by atoms with Crippen LogP contribution in [0.2, 0.25) is 0 Å². The molecule has 0 aliphatic rings. The van der Waals surface area contributed by atoms with E-state index in [2.05, 4.69) is 22.5 Å². The van der Waals surface area contributed by atoms with Crippen molar-refractivity contribution >= 4 is 5.96 Å². The molecule has 0 aromatic heterocycles. The molecule has 112 valence electrons. The van der Waals surface area contributed by atoms with Crippen molar-refractivity contribution < 1.29 is 8.78 Å². The van der Waals surface area contributed by atoms with Gasteiger partial charge in [0.25, 0.3) is 0 Å². The third-order valence-corrected chi connectivity index (χ3v) is 3.03. The van der Waals surface area contributed by atoms with Gasteiger partial charge in [-0.05, 0) is 25.0 Å². The predicted molar refractivity (Wildman–Crippen MR) is 79.0 cm³/mol. The minimum atomic E-state index is -0.502. The normalized spacial score (nSPS) is 11.5. The second-order valence-corrected chi connectivity index (χ2v) is 4.58. The lowest BCUT2D eigenvalue weighted by Crippen LogP contribution is -2.38. The summed E-state index contributed by atoms with van der Waals surface area (Å²) in [6.45, 7) is 3.43. The first-order valence-electron chi connectivity index (χ1n) is 7.06. The zero-order valence-electron chi connectivity index (χ0n) is 12.2. The molecule has 20 heavy (non-hydrogen) atoms. The van der Waals surface area contributed by atoms with Gasteiger partial charge in [-0.2, -0.15) is 0 Å². The highest BCUT2D eigenvalue weighted by molar-refractivity contribution is 5.79. The highest BCUT2D eigenvalue weighted by Gasteiger charge is 2.07. The van der Waals surface area contributed by atoms with Crippen LogP contribution in [0.3, 0.4) is 0 Å². The van der Waals surface area contributed by atoms with Crippen molar-refractivity contribution in [3.05, 3.63) is 35.4 Å². The fraction of sp³-hybridized carbons (Fsp3) is 0.533. The molecule has 0 saturated heterocycles. The van der Waals surface area contributed by atoms with Crippen molar-refractivity contribution in [1.29, 1.82) is 0 Å². The number of hydrogen-bond donors (Lipinski definition) is 2. The van der Waals surface area contributed by atoms with Gasteiger partial charge < -0.3 is 10.6 Å². The average molecular weight is 283 g/mol. The molecule has 1 aromatic carbocycles. The second kappa shape index (κ2) is 9.28. The standard InChI is InChI=1S/C15H23F2N3/c1-3-4-5-10-19-15(18-2)20-11-9-12-13(16)7-6-8-14(12)17/h6-8H,3-5,9-11H2,1-2H3,(H2,18,19,20). The van der Waals surface area contributed by atoms with E-state index in [1.165, 1.54) is 31.0 Å². The zero-order chi connectivity index (χ0) is 14.8. The summed E-state index contributed by atoms with van der Waals surface area (Å²) >= 11 is 0. The molecular weight excluding hydrogens is 260 g/mol. The molecule has 5 heteroatoms. The number of nitrogens with zero attached hydrogens (tertiary/aromatic N) is 1. The van der Waals surface area contributed by atoms with Crippen LogP contribution in [0, 0.1) is 11.6 Å². The van der Waals surface area contributed by atoms with E-state index in [1.54, 1.807) is 7.05 Å². The molecule has 0 bridgehead atoms. The Morgan fingerprint density at radius 2 is 1.75 bits per heavy atom. The molecule has 0 heterocycles. The molecule has 1 rings (SSSR count). The van der Waals surface area contributed by atoms with Gasteiger partial charge >= 0.3 is 0 Å². The average Bonchev–Trinajstić information content (AvgIpc) is 2.44. The molecule has 3 nitrogen and oxygen atoms in total. The monoisotopic (exact) mass is 283 g/mol. The van der Waals surface area contributed by atoms with Crippen molar-refractivity contribution in [3.8, 4) is 0 Å². The molecule has 0 radical (unpaired) electrons. The van der Waals surface area contributed by atoms with Crippen LogP contribution in [0.4, 0.5) is 8.78 Å². The number of benzene rings is 1. The lowest BCUT2D eigenvalue weighted by molar-refractivity contribution is 0.552. The summed E-state index contributed by atoms with van der Waals surface area (Å²) in [4.78, 5) is 4.07. The topological polar surface area (TPSA) is 36.4 Å². The Morgan fingerprint density at radius 3 is 2.35 bits per heavy atom. The largest absolute Gasteiger partial charge is 0.356 e. The molecule has 2 N–H and O–H groups in total. The summed E-state index contributed by atoms with van der Waals surface area (Å²) in [5, 5.41) is 6.23. The first-order chi connectivity index (χ1) is 9.69. The van der Waals surface area contributed by atoms with E-state index in [9.17, 15) is 8.78 Å². The minimum absolute atomic E-state index is 0.112. The Morgan fingerprint density at radius 1 is 1.10 bits per heavy atom. The number of guanidine groups is 1. The first-order valence-corrected chi connectivity index (χ1v) is 7.06. The molecule has 0 aliphatic carbocycles. The van der Waals surface area contributed by atoms with E-state index in [1.807, 2.05) is 0 Å². The SMILES string of the molecule is CCCCCNC(=NC)NCCc1c(F)cccc1F. The van der Waals surface area contributed by atoms with Gasteiger partial charge in [0, 0.05) is 25.7 Å². The Balaban J connectivity index is 2.35. The Kier molecular flexibility index (Phi) is 7.62. The molecular formula is C15H23F2N3. The third-order valence-electron chi connectivity index (χ3n) is 3.03. The highest BCUT2D eigenvalue weighted by Crippen LogP contribution is 2.11. The Hall–Kier alpha value is -1.65. The lowest BCUT2D eigenvalue weighted by atomic mass is 10.1. The van der Waals surface area contributed by atoms with Crippen molar-refractivity contribution in [2.75, 3.05) is 20.1 Å². The molecule has 0 spiro atoms. The summed E-state index contributed by atoms with van der Waals surface area (Å²) in [6, 6.07) is 3.92. The van der Waals surface area contributed by atoms with Crippen molar-refractivity contribution in [3.63, 3.8) is 0 Å². The van der Waals surface area contributed by atoms with E-state index in [0.717, 1.165) is 13.0 Å². The van der Waals surface area contributed by atoms with Gasteiger partial charge in [-0.1, -0.05) is 25.8 Å². The number of rotatable bonds is 7. The highest BCUT2D eigenvalue weighted by atomic mass is 19.1. The van der Waals surface area contributed by atoms with E-state index in [4.69, 9.17) is 0 Å². The minimum Gasteiger partial charge on any atom is -0.356 e. The van der Waals surface area contributed by atoms with Gasteiger partial charge in [0.1, 0.15) is 11.6 Å². The summed E-state index contributed by atoms with van der Waals surface area (Å²) < 4.78 is 26.9. The molecule has 0 saturated carbocycles. The Bertz CT molecular complexity index is 413. The van der Waals surface area contributed by atoms with Crippen molar-refractivity contribution in [2.24, 2.45) is 4.99 Å². The summed E-state index contributed by atoms with van der Waals surface area (Å²) in [6.07, 6.45) is 3.71. The third kappa shape index (κ3) is 5.55. The van der Waals surface area contributed by atoms with Crippen LogP contribution >= 0.6 is 0 Å². The number of aliphatic imine (C=N–C) groups is 1. The maximum Gasteiger partial charge on any atom is 0.190 e. The van der Waals surface area contributed by atoms with E-state index < -0.39 is 11.6 Å². The molecule has 0 amide bonds. The summed E-state index contributed by atoms with van der Waals surface area (Å²) in [7, 11) is 1.68. The number of unbranched alkanes of at least 4 members (excludes halogenated alkanes) is 2. The van der Waals surface area contributed by atoms with Crippen LogP contribution < -0.4 is 10.6 Å². The van der Waals surface area contributed by atoms with Gasteiger partial charge in [-0.25, -0.2) is 8.78 Å². The van der Waals surface area contributed by atoms with Gasteiger partial charge in [0.05, 0.1) is 0 Å². The predicted octanol–water partition coefficient (Wildman–Crippen LogP) is 2.86. The fourth-order valence-corrected chi connectivity index (χ4v) is 1.88. The quantitative estimate of drug-likeness (QED) is 0.458. The zero-order valence-corrected chi connectivity index (χ0v) is 12.2. The van der Waals surface area contributed by atoms with Crippen molar-refractivity contribution in [2.45, 2.75) is 32.6 Å². The lowest BCUT2D eigenvalue weighted by Gasteiger charge is -2.12. The van der Waals surface area contributed by atoms with Crippen LogP contribution in [-0.2, 0) is 6.42 Å². The van der Waals surface area contributed by atoms with E-state index in [-0.39, 0.29) is 12.0 Å².